The van der Waals surface area contributed by atoms with Gasteiger partial charge in [-0.1, -0.05) is 37.3 Å². The fraction of sp³-hybridized carbons (Fsp3) is 0.556. The van der Waals surface area contributed by atoms with Crippen LogP contribution in [-0.4, -0.2) is 34.6 Å². The molecule has 1 aromatic heterocycles. The van der Waals surface area contributed by atoms with Crippen molar-refractivity contribution >= 4 is 23.4 Å². The third kappa shape index (κ3) is 4.58. The van der Waals surface area contributed by atoms with Crippen LogP contribution in [0, 0.1) is 29.6 Å². The lowest BCUT2D eigenvalue weighted by molar-refractivity contribution is -0.164. The molecule has 1 heterocycles. The Hall–Kier alpha value is -3.36. The third-order valence-electron chi connectivity index (χ3n) is 8.25. The fourth-order valence-electron chi connectivity index (χ4n) is 6.96. The molecule has 4 saturated carbocycles. The molecule has 6 rings (SSSR count). The number of rotatable bonds is 8. The average Bonchev–Trinajstić information content (AvgIpc) is 2.84. The van der Waals surface area contributed by atoms with E-state index in [-0.39, 0.29) is 36.5 Å². The highest BCUT2D eigenvalue weighted by atomic mass is 16.5. The molecule has 4 aliphatic rings. The molecule has 36 heavy (non-hydrogen) atoms. The monoisotopic (exact) mass is 494 g/mol. The number of ether oxygens (including phenoxy) is 1. The van der Waals surface area contributed by atoms with E-state index in [1.807, 2.05) is 37.3 Å². The number of carbonyl (C=O) groups excluding carboxylic acids is 2. The van der Waals surface area contributed by atoms with Crippen LogP contribution in [0.4, 0.5) is 11.5 Å². The number of esters is 1. The number of aromatic nitrogens is 2. The summed E-state index contributed by atoms with van der Waals surface area (Å²) in [6, 6.07) is 9.23. The topological polar surface area (TPSA) is 127 Å². The van der Waals surface area contributed by atoms with Gasteiger partial charge in [-0.3, -0.25) is 23.9 Å². The summed E-state index contributed by atoms with van der Waals surface area (Å²) >= 11 is 0. The van der Waals surface area contributed by atoms with Gasteiger partial charge in [0.25, 0.3) is 11.5 Å². The van der Waals surface area contributed by atoms with E-state index in [1.165, 1.54) is 15.9 Å². The number of aromatic amines is 1. The summed E-state index contributed by atoms with van der Waals surface area (Å²) < 4.78 is 6.79. The second-order valence-electron chi connectivity index (χ2n) is 10.7. The quantitative estimate of drug-likeness (QED) is 0.543. The minimum absolute atomic E-state index is 0.0944. The first kappa shape index (κ1) is 24.3. The highest BCUT2D eigenvalue weighted by molar-refractivity contribution is 5.97. The number of nitrogen functional groups attached to an aromatic ring is 1. The van der Waals surface area contributed by atoms with Crippen molar-refractivity contribution in [2.24, 2.45) is 29.6 Å². The maximum absolute atomic E-state index is 13.2. The zero-order valence-corrected chi connectivity index (χ0v) is 20.7. The Balaban J connectivity index is 1.33. The number of nitrogens with two attached hydrogens (primary N) is 1. The van der Waals surface area contributed by atoms with E-state index in [0.717, 1.165) is 43.1 Å². The smallest absolute Gasteiger partial charge is 0.330 e. The van der Waals surface area contributed by atoms with Gasteiger partial charge < -0.3 is 15.4 Å². The minimum Gasteiger partial charge on any atom is -0.455 e. The van der Waals surface area contributed by atoms with Gasteiger partial charge in [0.05, 0.1) is 12.5 Å². The van der Waals surface area contributed by atoms with Gasteiger partial charge in [0.15, 0.2) is 12.3 Å². The first-order valence-electron chi connectivity index (χ1n) is 13.0. The van der Waals surface area contributed by atoms with Crippen LogP contribution < -0.4 is 21.9 Å². The van der Waals surface area contributed by atoms with E-state index in [0.29, 0.717) is 18.3 Å². The second-order valence-corrected chi connectivity index (χ2v) is 10.7. The summed E-state index contributed by atoms with van der Waals surface area (Å²) in [7, 11) is 0. The molecular weight excluding hydrogens is 460 g/mol. The summed E-state index contributed by atoms with van der Waals surface area (Å²) in [6.45, 7) is 1.75. The number of H-pyrrole nitrogens is 1. The molecule has 3 N–H and O–H groups in total. The summed E-state index contributed by atoms with van der Waals surface area (Å²) in [5.74, 6) is 1.12. The zero-order chi connectivity index (χ0) is 25.4. The van der Waals surface area contributed by atoms with Gasteiger partial charge in [0.2, 0.25) is 0 Å². The number of nitrogens with one attached hydrogen (secondary N) is 1. The Morgan fingerprint density at radius 1 is 1.06 bits per heavy atom. The summed E-state index contributed by atoms with van der Waals surface area (Å²) in [4.78, 5) is 55.1. The summed E-state index contributed by atoms with van der Waals surface area (Å²) in [5, 5.41) is 0. The van der Waals surface area contributed by atoms with Crippen molar-refractivity contribution in [2.45, 2.75) is 52.0 Å². The fourth-order valence-corrected chi connectivity index (χ4v) is 6.96. The van der Waals surface area contributed by atoms with Crippen molar-refractivity contribution in [3.63, 3.8) is 0 Å². The van der Waals surface area contributed by atoms with E-state index in [2.05, 4.69) is 4.98 Å². The van der Waals surface area contributed by atoms with Gasteiger partial charge in [-0.25, -0.2) is 4.79 Å². The zero-order valence-electron chi connectivity index (χ0n) is 20.7. The number of carbonyl (C=O) groups is 2. The minimum atomic E-state index is -0.740. The molecule has 1 aromatic carbocycles. The number of nitrogens with zero attached hydrogens (tertiary/aromatic N) is 2. The molecule has 0 unspecified atom stereocenters. The van der Waals surface area contributed by atoms with Crippen LogP contribution >= 0.6 is 0 Å². The number of hydrogen-bond donors (Lipinski definition) is 2. The van der Waals surface area contributed by atoms with Gasteiger partial charge >= 0.3 is 11.7 Å². The SMILES string of the molecule is CCCN(C(=O)COC(=O)C1C2CC3CC(C2)CC1C3)c1c(N)n(Cc2ccccc2)c(=O)[nH]c1=O. The molecule has 0 spiro atoms. The van der Waals surface area contributed by atoms with Crippen LogP contribution in [0.15, 0.2) is 39.9 Å². The molecule has 0 radical (unpaired) electrons. The van der Waals surface area contributed by atoms with Crippen molar-refractivity contribution in [3.8, 4) is 0 Å². The van der Waals surface area contributed by atoms with Gasteiger partial charge in [0, 0.05) is 6.54 Å². The maximum atomic E-state index is 13.2. The Kier molecular flexibility index (Phi) is 6.73. The van der Waals surface area contributed by atoms with Crippen molar-refractivity contribution in [2.75, 3.05) is 23.8 Å². The molecule has 0 saturated heterocycles. The normalized spacial score (nSPS) is 26.1. The molecule has 9 heteroatoms. The van der Waals surface area contributed by atoms with Crippen LogP contribution in [0.25, 0.3) is 0 Å². The molecule has 192 valence electrons. The predicted molar refractivity (Wildman–Crippen MR) is 135 cm³/mol. The number of amides is 1. The highest BCUT2D eigenvalue weighted by Gasteiger charge is 2.51. The van der Waals surface area contributed by atoms with Crippen LogP contribution in [0.2, 0.25) is 0 Å². The van der Waals surface area contributed by atoms with Gasteiger partial charge in [-0.15, -0.1) is 0 Å². The molecule has 2 aromatic rings. The van der Waals surface area contributed by atoms with Crippen molar-refractivity contribution in [1.29, 1.82) is 0 Å². The van der Waals surface area contributed by atoms with E-state index < -0.39 is 23.8 Å². The van der Waals surface area contributed by atoms with Crippen molar-refractivity contribution < 1.29 is 14.3 Å². The lowest BCUT2D eigenvalue weighted by Crippen LogP contribution is -2.49. The van der Waals surface area contributed by atoms with Crippen LogP contribution in [0.3, 0.4) is 0 Å². The van der Waals surface area contributed by atoms with E-state index in [1.54, 1.807) is 0 Å². The van der Waals surface area contributed by atoms with Crippen molar-refractivity contribution in [3.05, 3.63) is 56.7 Å². The lowest BCUT2D eigenvalue weighted by atomic mass is 9.52. The molecule has 4 bridgehead atoms. The Labute approximate surface area is 209 Å². The number of benzene rings is 1. The second kappa shape index (κ2) is 9.95. The molecule has 0 aliphatic heterocycles. The van der Waals surface area contributed by atoms with Gasteiger partial charge in [-0.2, -0.15) is 0 Å². The van der Waals surface area contributed by atoms with Gasteiger partial charge in [-0.05, 0) is 67.8 Å². The lowest BCUT2D eigenvalue weighted by Gasteiger charge is -2.53. The van der Waals surface area contributed by atoms with E-state index in [9.17, 15) is 19.2 Å². The van der Waals surface area contributed by atoms with Crippen molar-refractivity contribution in [1.82, 2.24) is 9.55 Å². The van der Waals surface area contributed by atoms with Crippen LogP contribution in [-0.2, 0) is 20.9 Å². The van der Waals surface area contributed by atoms with E-state index >= 15 is 0 Å². The standard InChI is InChI=1S/C27H34N4O5/c1-2-8-30(23-24(28)31(27(35)29-25(23)33)14-16-6-4-3-5-7-16)21(32)15-36-26(34)22-19-10-17-9-18(12-19)13-20(22)11-17/h3-7,17-20,22H,2,8-15,28H2,1H3,(H,29,33,35). The Morgan fingerprint density at radius 3 is 2.31 bits per heavy atom. The molecule has 4 fully saturated rings. The predicted octanol–water partition coefficient (Wildman–Crippen LogP) is 2.53. The summed E-state index contributed by atoms with van der Waals surface area (Å²) in [6.07, 6.45) is 6.16. The molecular formula is C27H34N4O5. The molecule has 9 nitrogen and oxygen atoms in total. The van der Waals surface area contributed by atoms with Crippen LogP contribution in [0.5, 0.6) is 0 Å². The number of anilines is 2. The largest absolute Gasteiger partial charge is 0.455 e. The van der Waals surface area contributed by atoms with Gasteiger partial charge in [0.1, 0.15) is 5.82 Å². The first-order chi connectivity index (χ1) is 17.4. The molecule has 1 amide bonds. The highest BCUT2D eigenvalue weighted by Crippen LogP contribution is 2.56. The maximum Gasteiger partial charge on any atom is 0.330 e. The Bertz CT molecular complexity index is 1220. The molecule has 0 atom stereocenters. The van der Waals surface area contributed by atoms with E-state index in [4.69, 9.17) is 10.5 Å². The third-order valence-corrected chi connectivity index (χ3v) is 8.25. The Morgan fingerprint density at radius 2 is 1.69 bits per heavy atom. The summed E-state index contributed by atoms with van der Waals surface area (Å²) in [5.41, 5.74) is 5.63. The first-order valence-corrected chi connectivity index (χ1v) is 13.0. The number of hydrogen-bond acceptors (Lipinski definition) is 6. The van der Waals surface area contributed by atoms with Crippen LogP contribution in [0.1, 0.15) is 51.0 Å². The average molecular weight is 495 g/mol. The molecule has 4 aliphatic carbocycles.